The van der Waals surface area contributed by atoms with Crippen LogP contribution in [-0.4, -0.2) is 47.0 Å². The van der Waals surface area contributed by atoms with Gasteiger partial charge in [-0.15, -0.1) is 0 Å². The lowest BCUT2D eigenvalue weighted by Crippen LogP contribution is -2.53. The molecular formula is C22H24N2O5. The number of aromatic carboxylic acids is 1. The molecule has 1 aliphatic heterocycles. The first-order valence-corrected chi connectivity index (χ1v) is 9.40. The Morgan fingerprint density at radius 1 is 1.14 bits per heavy atom. The normalized spacial score (nSPS) is 18.5. The predicted molar refractivity (Wildman–Crippen MR) is 108 cm³/mol. The molecule has 0 spiro atoms. The molecule has 2 N–H and O–H groups in total. The Hall–Kier alpha value is -3.19. The number of nitrogens with zero attached hydrogens (tertiary/aromatic N) is 1. The highest BCUT2D eigenvalue weighted by atomic mass is 16.5. The fourth-order valence-corrected chi connectivity index (χ4v) is 3.66. The van der Waals surface area contributed by atoms with E-state index in [1.807, 2.05) is 6.07 Å². The van der Waals surface area contributed by atoms with E-state index in [1.54, 1.807) is 42.2 Å². The van der Waals surface area contributed by atoms with Gasteiger partial charge >= 0.3 is 5.97 Å². The van der Waals surface area contributed by atoms with Crippen LogP contribution in [0.25, 0.3) is 0 Å². The number of ether oxygens (including phenoxy) is 1. The Labute approximate surface area is 169 Å². The quantitative estimate of drug-likeness (QED) is 0.782. The number of carbonyl (C=O) groups excluding carboxylic acids is 2. The van der Waals surface area contributed by atoms with E-state index in [2.05, 4.69) is 5.32 Å². The number of rotatable bonds is 6. The molecule has 3 rings (SSSR count). The third-order valence-corrected chi connectivity index (χ3v) is 5.20. The van der Waals surface area contributed by atoms with Gasteiger partial charge in [-0.25, -0.2) is 4.79 Å². The van der Waals surface area contributed by atoms with Crippen molar-refractivity contribution in [1.82, 2.24) is 4.90 Å². The van der Waals surface area contributed by atoms with Crippen molar-refractivity contribution in [2.75, 3.05) is 19.0 Å². The van der Waals surface area contributed by atoms with E-state index >= 15 is 0 Å². The van der Waals surface area contributed by atoms with Crippen LogP contribution in [0, 0.1) is 0 Å². The number of carbonyl (C=O) groups is 3. The van der Waals surface area contributed by atoms with Crippen LogP contribution in [0.2, 0.25) is 0 Å². The summed E-state index contributed by atoms with van der Waals surface area (Å²) >= 11 is 0. The molecule has 2 aromatic rings. The zero-order valence-electron chi connectivity index (χ0n) is 16.5. The highest BCUT2D eigenvalue weighted by Gasteiger charge is 2.45. The summed E-state index contributed by atoms with van der Waals surface area (Å²) in [4.78, 5) is 39.1. The molecule has 152 valence electrons. The van der Waals surface area contributed by atoms with Crippen molar-refractivity contribution in [2.24, 2.45) is 0 Å². The fourth-order valence-electron chi connectivity index (χ4n) is 3.66. The van der Waals surface area contributed by atoms with E-state index in [9.17, 15) is 19.5 Å². The summed E-state index contributed by atoms with van der Waals surface area (Å²) in [5.74, 6) is -1.63. The largest absolute Gasteiger partial charge is 0.478 e. The van der Waals surface area contributed by atoms with Crippen molar-refractivity contribution in [2.45, 2.75) is 31.9 Å². The zero-order valence-corrected chi connectivity index (χ0v) is 16.5. The van der Waals surface area contributed by atoms with Gasteiger partial charge in [-0.05, 0) is 55.7 Å². The summed E-state index contributed by atoms with van der Waals surface area (Å²) in [6, 6.07) is 13.4. The van der Waals surface area contributed by atoms with Crippen LogP contribution in [0.4, 0.5) is 5.69 Å². The summed E-state index contributed by atoms with van der Waals surface area (Å²) in [6.45, 7) is 2.45. The Morgan fingerprint density at radius 3 is 2.52 bits per heavy atom. The van der Waals surface area contributed by atoms with E-state index in [4.69, 9.17) is 4.74 Å². The minimum absolute atomic E-state index is 0.0589. The molecule has 2 aromatic carbocycles. The molecule has 1 aliphatic rings. The SMILES string of the molecule is COCc1cc(NC(=O)C2(C)CCCN2C(=O)c2ccccc2)cc(C(=O)O)c1. The predicted octanol–water partition coefficient (Wildman–Crippen LogP) is 3.16. The Balaban J connectivity index is 1.85. The van der Waals surface area contributed by atoms with Gasteiger partial charge in [0.2, 0.25) is 5.91 Å². The first kappa shape index (κ1) is 20.5. The number of hydrogen-bond donors (Lipinski definition) is 2. The van der Waals surface area contributed by atoms with Crippen LogP contribution in [0.3, 0.4) is 0 Å². The molecule has 0 aromatic heterocycles. The van der Waals surface area contributed by atoms with Crippen molar-refractivity contribution in [3.63, 3.8) is 0 Å². The van der Waals surface area contributed by atoms with Gasteiger partial charge in [-0.3, -0.25) is 9.59 Å². The summed E-state index contributed by atoms with van der Waals surface area (Å²) in [7, 11) is 1.51. The van der Waals surface area contributed by atoms with Gasteiger partial charge in [0, 0.05) is 24.9 Å². The molecule has 1 unspecified atom stereocenters. The lowest BCUT2D eigenvalue weighted by molar-refractivity contribution is -0.124. The maximum absolute atomic E-state index is 13.1. The number of anilines is 1. The van der Waals surface area contributed by atoms with E-state index in [-0.39, 0.29) is 24.0 Å². The maximum Gasteiger partial charge on any atom is 0.335 e. The van der Waals surface area contributed by atoms with Crippen LogP contribution < -0.4 is 5.32 Å². The number of amides is 2. The maximum atomic E-state index is 13.1. The van der Waals surface area contributed by atoms with Crippen molar-refractivity contribution in [3.8, 4) is 0 Å². The molecule has 7 nitrogen and oxygen atoms in total. The minimum Gasteiger partial charge on any atom is -0.478 e. The van der Waals surface area contributed by atoms with Crippen LogP contribution in [0.15, 0.2) is 48.5 Å². The number of likely N-dealkylation sites (tertiary alicyclic amines) is 1. The highest BCUT2D eigenvalue weighted by Crippen LogP contribution is 2.32. The van der Waals surface area contributed by atoms with Crippen molar-refractivity contribution < 1.29 is 24.2 Å². The lowest BCUT2D eigenvalue weighted by atomic mass is 9.96. The second-order valence-corrected chi connectivity index (χ2v) is 7.31. The van der Waals surface area contributed by atoms with E-state index < -0.39 is 11.5 Å². The standard InChI is InChI=1S/C22H24N2O5/c1-22(9-6-10-24(22)19(25)16-7-4-3-5-8-16)21(28)23-18-12-15(14-29-2)11-17(13-18)20(26)27/h3-5,7-8,11-13H,6,9-10,14H2,1-2H3,(H,23,28)(H,26,27). The molecule has 0 bridgehead atoms. The Kier molecular flexibility index (Phi) is 5.98. The molecule has 0 saturated carbocycles. The second-order valence-electron chi connectivity index (χ2n) is 7.31. The summed E-state index contributed by atoms with van der Waals surface area (Å²) in [5, 5.41) is 12.1. The molecule has 7 heteroatoms. The third kappa shape index (κ3) is 4.30. The van der Waals surface area contributed by atoms with E-state index in [0.717, 1.165) is 0 Å². The molecule has 1 atom stereocenters. The smallest absolute Gasteiger partial charge is 0.335 e. The fraction of sp³-hybridized carbons (Fsp3) is 0.318. The zero-order chi connectivity index (χ0) is 21.0. The monoisotopic (exact) mass is 396 g/mol. The van der Waals surface area contributed by atoms with Gasteiger partial charge in [-0.2, -0.15) is 0 Å². The number of carboxylic acids is 1. The van der Waals surface area contributed by atoms with Gasteiger partial charge in [-0.1, -0.05) is 18.2 Å². The van der Waals surface area contributed by atoms with Crippen LogP contribution in [0.5, 0.6) is 0 Å². The molecule has 1 heterocycles. The highest BCUT2D eigenvalue weighted by molar-refractivity contribution is 6.04. The Morgan fingerprint density at radius 2 is 1.86 bits per heavy atom. The first-order chi connectivity index (χ1) is 13.8. The van der Waals surface area contributed by atoms with Crippen LogP contribution >= 0.6 is 0 Å². The number of methoxy groups -OCH3 is 1. The van der Waals surface area contributed by atoms with Gasteiger partial charge in [0.25, 0.3) is 5.91 Å². The van der Waals surface area contributed by atoms with E-state index in [1.165, 1.54) is 19.2 Å². The molecule has 0 radical (unpaired) electrons. The van der Waals surface area contributed by atoms with Crippen molar-refractivity contribution in [3.05, 3.63) is 65.2 Å². The molecule has 2 amide bonds. The summed E-state index contributed by atoms with van der Waals surface area (Å²) < 4.78 is 5.08. The third-order valence-electron chi connectivity index (χ3n) is 5.20. The average molecular weight is 396 g/mol. The van der Waals surface area contributed by atoms with Crippen LogP contribution in [-0.2, 0) is 16.1 Å². The minimum atomic E-state index is -1.09. The molecular weight excluding hydrogens is 372 g/mol. The molecule has 1 saturated heterocycles. The molecule has 29 heavy (non-hydrogen) atoms. The van der Waals surface area contributed by atoms with Gasteiger partial charge in [0.1, 0.15) is 5.54 Å². The van der Waals surface area contributed by atoms with Gasteiger partial charge in [0.15, 0.2) is 0 Å². The number of nitrogens with one attached hydrogen (secondary N) is 1. The van der Waals surface area contributed by atoms with E-state index in [0.29, 0.717) is 36.2 Å². The average Bonchev–Trinajstić information content (AvgIpc) is 3.11. The van der Waals surface area contributed by atoms with Crippen molar-refractivity contribution >= 4 is 23.5 Å². The second kappa shape index (κ2) is 8.45. The van der Waals surface area contributed by atoms with Gasteiger partial charge in [0.05, 0.1) is 12.2 Å². The molecule has 1 fully saturated rings. The Bertz CT molecular complexity index is 928. The van der Waals surface area contributed by atoms with Crippen LogP contribution in [0.1, 0.15) is 46.0 Å². The first-order valence-electron chi connectivity index (χ1n) is 9.40. The topological polar surface area (TPSA) is 95.9 Å². The number of benzene rings is 2. The number of carboxylic acid groups (broad SMARTS) is 1. The summed E-state index contributed by atoms with van der Waals surface area (Å²) in [5.41, 5.74) is 0.569. The lowest BCUT2D eigenvalue weighted by Gasteiger charge is -2.34. The molecule has 0 aliphatic carbocycles. The summed E-state index contributed by atoms with van der Waals surface area (Å²) in [6.07, 6.45) is 1.24. The number of hydrogen-bond acceptors (Lipinski definition) is 4. The van der Waals surface area contributed by atoms with Crippen molar-refractivity contribution in [1.29, 1.82) is 0 Å². The van der Waals surface area contributed by atoms with Gasteiger partial charge < -0.3 is 20.1 Å².